The topological polar surface area (TPSA) is 49.9 Å². The van der Waals surface area contributed by atoms with Gasteiger partial charge in [0, 0.05) is 17.7 Å². The zero-order chi connectivity index (χ0) is 13.8. The zero-order valence-corrected chi connectivity index (χ0v) is 10.7. The average molecular weight is 267 g/mol. The minimum Gasteiger partial charge on any atom is -0.434 e. The second-order valence-electron chi connectivity index (χ2n) is 4.34. The molecule has 0 aliphatic heterocycles. The minimum absolute atomic E-state index is 0.122. The SMILES string of the molecule is CC(C)Nc1cc(-c2ccccc2OC(F)F)[nH]n1. The van der Waals surface area contributed by atoms with Crippen LogP contribution in [-0.4, -0.2) is 22.9 Å². The van der Waals surface area contributed by atoms with Crippen LogP contribution in [0.15, 0.2) is 30.3 Å². The number of ether oxygens (including phenoxy) is 1. The molecule has 102 valence electrons. The molecule has 0 amide bonds. The third-order valence-electron chi connectivity index (χ3n) is 2.41. The molecule has 2 aromatic rings. The third-order valence-corrected chi connectivity index (χ3v) is 2.41. The van der Waals surface area contributed by atoms with Crippen LogP contribution in [0.1, 0.15) is 13.8 Å². The molecule has 1 aromatic heterocycles. The number of alkyl halides is 2. The molecule has 2 rings (SSSR count). The predicted molar refractivity (Wildman–Crippen MR) is 69.4 cm³/mol. The number of nitrogens with one attached hydrogen (secondary N) is 2. The van der Waals surface area contributed by atoms with E-state index in [1.54, 1.807) is 24.3 Å². The van der Waals surface area contributed by atoms with Crippen molar-refractivity contribution in [1.29, 1.82) is 0 Å². The second-order valence-corrected chi connectivity index (χ2v) is 4.34. The smallest absolute Gasteiger partial charge is 0.387 e. The quantitative estimate of drug-likeness (QED) is 0.871. The van der Waals surface area contributed by atoms with E-state index >= 15 is 0 Å². The number of anilines is 1. The van der Waals surface area contributed by atoms with Crippen molar-refractivity contribution in [3.8, 4) is 17.0 Å². The van der Waals surface area contributed by atoms with E-state index in [1.807, 2.05) is 13.8 Å². The molecule has 0 bridgehead atoms. The van der Waals surface area contributed by atoms with Crippen molar-refractivity contribution in [2.75, 3.05) is 5.32 Å². The lowest BCUT2D eigenvalue weighted by Gasteiger charge is -2.08. The Balaban J connectivity index is 2.28. The molecule has 1 aromatic carbocycles. The number of hydrogen-bond acceptors (Lipinski definition) is 3. The fraction of sp³-hybridized carbons (Fsp3) is 0.308. The van der Waals surface area contributed by atoms with Crippen LogP contribution in [0.5, 0.6) is 5.75 Å². The highest BCUT2D eigenvalue weighted by molar-refractivity contribution is 5.69. The van der Waals surface area contributed by atoms with Gasteiger partial charge in [-0.3, -0.25) is 5.10 Å². The van der Waals surface area contributed by atoms with E-state index in [-0.39, 0.29) is 11.8 Å². The molecule has 0 atom stereocenters. The molecule has 2 N–H and O–H groups in total. The van der Waals surface area contributed by atoms with Gasteiger partial charge in [-0.1, -0.05) is 12.1 Å². The summed E-state index contributed by atoms with van der Waals surface area (Å²) in [6.45, 7) is 1.13. The van der Waals surface area contributed by atoms with Crippen LogP contribution >= 0.6 is 0 Å². The van der Waals surface area contributed by atoms with Crippen LogP contribution in [0.2, 0.25) is 0 Å². The van der Waals surface area contributed by atoms with E-state index in [9.17, 15) is 8.78 Å². The van der Waals surface area contributed by atoms with Gasteiger partial charge in [0.2, 0.25) is 0 Å². The number of H-pyrrole nitrogens is 1. The lowest BCUT2D eigenvalue weighted by atomic mass is 10.1. The van der Waals surface area contributed by atoms with E-state index in [0.717, 1.165) is 0 Å². The Labute approximate surface area is 109 Å². The van der Waals surface area contributed by atoms with Crippen molar-refractivity contribution >= 4 is 5.82 Å². The van der Waals surface area contributed by atoms with Crippen LogP contribution < -0.4 is 10.1 Å². The lowest BCUT2D eigenvalue weighted by Crippen LogP contribution is -2.09. The molecule has 4 nitrogen and oxygen atoms in total. The molecule has 0 fully saturated rings. The van der Waals surface area contributed by atoms with Gasteiger partial charge in [-0.05, 0) is 26.0 Å². The van der Waals surface area contributed by atoms with Gasteiger partial charge in [-0.2, -0.15) is 13.9 Å². The van der Waals surface area contributed by atoms with E-state index in [1.165, 1.54) is 6.07 Å². The summed E-state index contributed by atoms with van der Waals surface area (Å²) in [5.74, 6) is 0.786. The Hall–Kier alpha value is -2.11. The molecule has 0 saturated heterocycles. The lowest BCUT2D eigenvalue weighted by molar-refractivity contribution is -0.0494. The van der Waals surface area contributed by atoms with Crippen LogP contribution in [0.25, 0.3) is 11.3 Å². The molecular weight excluding hydrogens is 252 g/mol. The van der Waals surface area contributed by atoms with Crippen molar-refractivity contribution in [3.63, 3.8) is 0 Å². The molecule has 6 heteroatoms. The second kappa shape index (κ2) is 5.69. The monoisotopic (exact) mass is 267 g/mol. The Bertz CT molecular complexity index is 540. The molecule has 0 aliphatic rings. The fourth-order valence-electron chi connectivity index (χ4n) is 1.72. The standard InChI is InChI=1S/C13H15F2N3O/c1-8(2)16-12-7-10(17-18-12)9-5-3-4-6-11(9)19-13(14)15/h3-8,13H,1-2H3,(H2,16,17,18). The van der Waals surface area contributed by atoms with Gasteiger partial charge in [-0.15, -0.1) is 0 Å². The summed E-state index contributed by atoms with van der Waals surface area (Å²) in [5, 5.41) is 10.0. The highest BCUT2D eigenvalue weighted by Crippen LogP contribution is 2.30. The molecular formula is C13H15F2N3O. The minimum atomic E-state index is -2.85. The summed E-state index contributed by atoms with van der Waals surface area (Å²) in [7, 11) is 0. The van der Waals surface area contributed by atoms with E-state index in [2.05, 4.69) is 20.3 Å². The highest BCUT2D eigenvalue weighted by Gasteiger charge is 2.12. The van der Waals surface area contributed by atoms with Crippen molar-refractivity contribution in [2.45, 2.75) is 26.5 Å². The first-order valence-electron chi connectivity index (χ1n) is 5.92. The maximum atomic E-state index is 12.3. The molecule has 0 radical (unpaired) electrons. The summed E-state index contributed by atoms with van der Waals surface area (Å²) in [6.07, 6.45) is 0. The van der Waals surface area contributed by atoms with E-state index in [4.69, 9.17) is 0 Å². The number of para-hydroxylation sites is 1. The predicted octanol–water partition coefficient (Wildman–Crippen LogP) is 3.50. The molecule has 19 heavy (non-hydrogen) atoms. The van der Waals surface area contributed by atoms with Gasteiger partial charge in [0.15, 0.2) is 0 Å². The van der Waals surface area contributed by atoms with Crippen LogP contribution in [-0.2, 0) is 0 Å². The van der Waals surface area contributed by atoms with Gasteiger partial charge in [0.25, 0.3) is 0 Å². The summed E-state index contributed by atoms with van der Waals surface area (Å²) >= 11 is 0. The Morgan fingerprint density at radius 3 is 2.68 bits per heavy atom. The van der Waals surface area contributed by atoms with Crippen molar-refractivity contribution in [3.05, 3.63) is 30.3 Å². The molecule has 0 unspecified atom stereocenters. The highest BCUT2D eigenvalue weighted by atomic mass is 19.3. The first-order chi connectivity index (χ1) is 9.06. The van der Waals surface area contributed by atoms with E-state index in [0.29, 0.717) is 17.1 Å². The maximum absolute atomic E-state index is 12.3. The third kappa shape index (κ3) is 3.43. The number of aromatic nitrogens is 2. The molecule has 0 saturated carbocycles. The first kappa shape index (κ1) is 13.3. The number of rotatable bonds is 5. The van der Waals surface area contributed by atoms with E-state index < -0.39 is 6.61 Å². The van der Waals surface area contributed by atoms with Gasteiger partial charge < -0.3 is 10.1 Å². The van der Waals surface area contributed by atoms with Gasteiger partial charge in [0.1, 0.15) is 11.6 Å². The average Bonchev–Trinajstić information content (AvgIpc) is 2.76. The first-order valence-corrected chi connectivity index (χ1v) is 5.92. The van der Waals surface area contributed by atoms with Gasteiger partial charge in [0.05, 0.1) is 5.69 Å². The van der Waals surface area contributed by atoms with Crippen molar-refractivity contribution < 1.29 is 13.5 Å². The number of aromatic amines is 1. The number of halogens is 2. The molecule has 0 aliphatic carbocycles. The van der Waals surface area contributed by atoms with Crippen molar-refractivity contribution in [2.24, 2.45) is 0 Å². The maximum Gasteiger partial charge on any atom is 0.387 e. The number of benzene rings is 1. The zero-order valence-electron chi connectivity index (χ0n) is 10.7. The Morgan fingerprint density at radius 2 is 2.00 bits per heavy atom. The summed E-state index contributed by atoms with van der Waals surface area (Å²) < 4.78 is 29.2. The largest absolute Gasteiger partial charge is 0.434 e. The summed E-state index contributed by atoms with van der Waals surface area (Å²) in [6, 6.07) is 8.59. The Morgan fingerprint density at radius 1 is 1.26 bits per heavy atom. The normalized spacial score (nSPS) is 11.1. The van der Waals surface area contributed by atoms with Crippen LogP contribution in [0.3, 0.4) is 0 Å². The number of hydrogen-bond donors (Lipinski definition) is 2. The van der Waals surface area contributed by atoms with Gasteiger partial charge in [-0.25, -0.2) is 0 Å². The van der Waals surface area contributed by atoms with Crippen LogP contribution in [0, 0.1) is 0 Å². The van der Waals surface area contributed by atoms with Gasteiger partial charge >= 0.3 is 6.61 Å². The Kier molecular flexibility index (Phi) is 3.99. The van der Waals surface area contributed by atoms with Crippen LogP contribution in [0.4, 0.5) is 14.6 Å². The number of nitrogens with zero attached hydrogens (tertiary/aromatic N) is 1. The molecule has 0 spiro atoms. The molecule has 1 heterocycles. The summed E-state index contributed by atoms with van der Waals surface area (Å²) in [4.78, 5) is 0. The fourth-order valence-corrected chi connectivity index (χ4v) is 1.72. The van der Waals surface area contributed by atoms with Crippen molar-refractivity contribution in [1.82, 2.24) is 10.2 Å². The summed E-state index contributed by atoms with van der Waals surface area (Å²) in [5.41, 5.74) is 1.17.